The van der Waals surface area contributed by atoms with Crippen LogP contribution in [0.4, 0.5) is 4.39 Å². The van der Waals surface area contributed by atoms with Crippen LogP contribution in [0.1, 0.15) is 54.1 Å². The maximum absolute atomic E-state index is 14.7. The predicted molar refractivity (Wildman–Crippen MR) is 130 cm³/mol. The Bertz CT molecular complexity index is 1490. The Labute approximate surface area is 207 Å². The molecule has 8 nitrogen and oxygen atoms in total. The third-order valence-electron chi connectivity index (χ3n) is 8.02. The average Bonchev–Trinajstić information content (AvgIpc) is 3.24. The van der Waals surface area contributed by atoms with Gasteiger partial charge in [0.25, 0.3) is 5.56 Å². The molecule has 2 atom stereocenters. The summed E-state index contributed by atoms with van der Waals surface area (Å²) in [6.07, 6.45) is 0.0730. The van der Waals surface area contributed by atoms with Gasteiger partial charge in [0.2, 0.25) is 0 Å². The molecule has 0 bridgehead atoms. The van der Waals surface area contributed by atoms with Crippen molar-refractivity contribution in [2.45, 2.75) is 52.0 Å². The Hall–Kier alpha value is -3.14. The van der Waals surface area contributed by atoms with E-state index in [2.05, 4.69) is 11.8 Å². The van der Waals surface area contributed by atoms with Gasteiger partial charge in [0.15, 0.2) is 5.60 Å². The van der Waals surface area contributed by atoms with E-state index in [1.54, 1.807) is 24.5 Å². The number of carbonyl (C=O) groups excluding carboxylic acids is 1. The maximum atomic E-state index is 14.7. The van der Waals surface area contributed by atoms with Crippen LogP contribution in [0.15, 0.2) is 23.0 Å². The van der Waals surface area contributed by atoms with Gasteiger partial charge in [-0.3, -0.25) is 9.69 Å². The molecule has 36 heavy (non-hydrogen) atoms. The summed E-state index contributed by atoms with van der Waals surface area (Å²) in [5.41, 5.74) is 2.41. The number of halogens is 1. The molecule has 1 aromatic carbocycles. The molecular formula is C27H28FN3O5. The van der Waals surface area contributed by atoms with Crippen LogP contribution < -0.4 is 5.56 Å². The first-order valence-corrected chi connectivity index (χ1v) is 12.4. The highest BCUT2D eigenvalue weighted by Crippen LogP contribution is 2.43. The minimum atomic E-state index is -1.89. The summed E-state index contributed by atoms with van der Waals surface area (Å²) >= 11 is 0. The lowest BCUT2D eigenvalue weighted by molar-refractivity contribution is -0.172. The zero-order chi connectivity index (χ0) is 25.4. The molecule has 0 radical (unpaired) electrons. The molecule has 0 spiro atoms. The average molecular weight is 494 g/mol. The molecule has 6 rings (SSSR count). The number of rotatable bonds is 3. The van der Waals surface area contributed by atoms with E-state index in [9.17, 15) is 19.1 Å². The molecular weight excluding hydrogens is 465 g/mol. The number of hydrogen-bond acceptors (Lipinski definition) is 7. The van der Waals surface area contributed by atoms with Crippen molar-refractivity contribution in [2.75, 3.05) is 26.3 Å². The number of esters is 1. The molecule has 1 N–H and O–H groups in total. The van der Waals surface area contributed by atoms with E-state index in [0.717, 1.165) is 29.6 Å². The Morgan fingerprint density at radius 3 is 2.67 bits per heavy atom. The molecule has 0 aliphatic carbocycles. The van der Waals surface area contributed by atoms with Crippen LogP contribution in [0.5, 0.6) is 0 Å². The fourth-order valence-electron chi connectivity index (χ4n) is 5.86. The topological polar surface area (TPSA) is 93.9 Å². The summed E-state index contributed by atoms with van der Waals surface area (Å²) in [6.45, 7) is 8.47. The normalized spacial score (nSPS) is 22.2. The molecule has 5 heterocycles. The molecule has 1 unspecified atom stereocenters. The van der Waals surface area contributed by atoms with Gasteiger partial charge in [-0.2, -0.15) is 0 Å². The highest BCUT2D eigenvalue weighted by molar-refractivity contribution is 5.90. The summed E-state index contributed by atoms with van der Waals surface area (Å²) in [6, 6.07) is 4.96. The summed E-state index contributed by atoms with van der Waals surface area (Å²) in [5.74, 6) is -1.10. The van der Waals surface area contributed by atoms with Gasteiger partial charge in [0.05, 0.1) is 42.2 Å². The number of aromatic nitrogens is 2. The molecule has 3 aliphatic rings. The van der Waals surface area contributed by atoms with Crippen molar-refractivity contribution in [3.05, 3.63) is 62.2 Å². The van der Waals surface area contributed by atoms with Gasteiger partial charge in [-0.1, -0.05) is 6.92 Å². The molecule has 188 valence electrons. The smallest absolute Gasteiger partial charge is 0.343 e. The molecule has 1 saturated heterocycles. The molecule has 3 aromatic rings. The van der Waals surface area contributed by atoms with Crippen LogP contribution in [-0.4, -0.2) is 51.8 Å². The number of fused-ring (bicyclic) bond motifs is 5. The van der Waals surface area contributed by atoms with E-state index in [1.807, 2.05) is 6.07 Å². The Kier molecular flexibility index (Phi) is 5.30. The molecule has 3 aliphatic heterocycles. The Morgan fingerprint density at radius 2 is 1.94 bits per heavy atom. The number of aryl methyl sites for hydroxylation is 1. The van der Waals surface area contributed by atoms with E-state index >= 15 is 0 Å². The predicted octanol–water partition coefficient (Wildman–Crippen LogP) is 2.92. The summed E-state index contributed by atoms with van der Waals surface area (Å²) in [4.78, 5) is 33.2. The van der Waals surface area contributed by atoms with Gasteiger partial charge in [0.1, 0.15) is 12.4 Å². The van der Waals surface area contributed by atoms with Crippen LogP contribution in [0, 0.1) is 12.7 Å². The van der Waals surface area contributed by atoms with Crippen molar-refractivity contribution in [3.8, 4) is 11.4 Å². The highest BCUT2D eigenvalue weighted by Gasteiger charge is 2.45. The molecule has 2 aromatic heterocycles. The zero-order valence-corrected chi connectivity index (χ0v) is 20.6. The van der Waals surface area contributed by atoms with E-state index in [-0.39, 0.29) is 41.6 Å². The second-order valence-corrected chi connectivity index (χ2v) is 9.90. The lowest BCUT2D eigenvalue weighted by Crippen LogP contribution is -2.44. The van der Waals surface area contributed by atoms with Gasteiger partial charge in [-0.05, 0) is 43.5 Å². The minimum absolute atomic E-state index is 0.0184. The van der Waals surface area contributed by atoms with Crippen molar-refractivity contribution >= 4 is 16.9 Å². The number of ether oxygens (including phenoxy) is 2. The fraction of sp³-hybridized carbons (Fsp3) is 0.444. The largest absolute Gasteiger partial charge is 0.458 e. The second-order valence-electron chi connectivity index (χ2n) is 9.90. The number of morpholine rings is 1. The Balaban J connectivity index is 1.63. The zero-order valence-electron chi connectivity index (χ0n) is 20.6. The van der Waals surface area contributed by atoms with Gasteiger partial charge in [-0.15, -0.1) is 0 Å². The van der Waals surface area contributed by atoms with E-state index in [4.69, 9.17) is 14.5 Å². The van der Waals surface area contributed by atoms with E-state index in [1.165, 1.54) is 6.07 Å². The van der Waals surface area contributed by atoms with E-state index in [0.29, 0.717) is 42.2 Å². The second kappa shape index (κ2) is 8.19. The van der Waals surface area contributed by atoms with Crippen molar-refractivity contribution in [2.24, 2.45) is 0 Å². The quantitative estimate of drug-likeness (QED) is 0.439. The number of carbonyl (C=O) groups is 1. The van der Waals surface area contributed by atoms with Crippen molar-refractivity contribution in [1.29, 1.82) is 0 Å². The lowest BCUT2D eigenvalue weighted by Gasteiger charge is -2.34. The molecule has 0 saturated carbocycles. The van der Waals surface area contributed by atoms with Crippen LogP contribution in [0.25, 0.3) is 22.3 Å². The number of pyridine rings is 2. The number of nitrogens with zero attached hydrogens (tertiary/aromatic N) is 3. The van der Waals surface area contributed by atoms with Crippen molar-refractivity contribution in [3.63, 3.8) is 0 Å². The number of aliphatic hydroxyl groups is 1. The summed E-state index contributed by atoms with van der Waals surface area (Å²) < 4.78 is 27.0. The monoisotopic (exact) mass is 493 g/mol. The van der Waals surface area contributed by atoms with E-state index < -0.39 is 11.6 Å². The molecule has 9 heteroatoms. The lowest BCUT2D eigenvalue weighted by atomic mass is 9.86. The fourth-order valence-corrected chi connectivity index (χ4v) is 5.86. The summed E-state index contributed by atoms with van der Waals surface area (Å²) in [7, 11) is 0. The van der Waals surface area contributed by atoms with Crippen LogP contribution >= 0.6 is 0 Å². The van der Waals surface area contributed by atoms with Crippen LogP contribution in [-0.2, 0) is 33.0 Å². The van der Waals surface area contributed by atoms with Crippen molar-refractivity contribution < 1.29 is 23.8 Å². The van der Waals surface area contributed by atoms with Crippen molar-refractivity contribution in [1.82, 2.24) is 14.5 Å². The first-order chi connectivity index (χ1) is 17.2. The first kappa shape index (κ1) is 23.3. The van der Waals surface area contributed by atoms with Gasteiger partial charge < -0.3 is 19.1 Å². The minimum Gasteiger partial charge on any atom is -0.458 e. The number of benzene rings is 1. The SMILES string of the molecule is CC[C@@]1(O)C(=O)OCc2c1cc1n(c2=O)Cc2c-1nc1cc(F)c(C)cc1c2C(C)N1CCOCC1. The number of hydrogen-bond donors (Lipinski definition) is 1. The molecule has 0 amide bonds. The Morgan fingerprint density at radius 1 is 1.19 bits per heavy atom. The molecule has 1 fully saturated rings. The van der Waals surface area contributed by atoms with Crippen LogP contribution in [0.3, 0.4) is 0 Å². The van der Waals surface area contributed by atoms with Crippen LogP contribution in [0.2, 0.25) is 0 Å². The first-order valence-electron chi connectivity index (χ1n) is 12.4. The summed E-state index contributed by atoms with van der Waals surface area (Å²) in [5, 5.41) is 12.0. The maximum Gasteiger partial charge on any atom is 0.343 e. The van der Waals surface area contributed by atoms with Gasteiger partial charge in [0, 0.05) is 41.7 Å². The number of cyclic esters (lactones) is 1. The standard InChI is InChI=1S/C27H28FN3O5/c1-4-27(34)19-10-22-24-17(12-31(22)25(32)18(19)13-36-26(27)33)23(15(3)30-5-7-35-8-6-30)16-9-14(2)20(28)11-21(16)29-24/h9-11,15,34H,4-8,12-13H2,1-3H3/t15?,27-/m0/s1. The van der Waals surface area contributed by atoms with Gasteiger partial charge in [-0.25, -0.2) is 14.2 Å². The van der Waals surface area contributed by atoms with Gasteiger partial charge >= 0.3 is 5.97 Å². The highest BCUT2D eigenvalue weighted by atomic mass is 19.1. The third kappa shape index (κ3) is 3.19. The third-order valence-corrected chi connectivity index (χ3v) is 8.02.